The summed E-state index contributed by atoms with van der Waals surface area (Å²) < 4.78 is 0.0982. The van der Waals surface area contributed by atoms with Gasteiger partial charge in [0, 0.05) is 0 Å². The maximum atomic E-state index is 8.92. The van der Waals surface area contributed by atoms with E-state index in [-0.39, 0.29) is 18.2 Å². The Hall–Kier alpha value is -1.97. The molecule has 0 nitrogen and oxygen atoms in total. The molecule has 2 atom stereocenters. The molecule has 0 spiro atoms. The van der Waals surface area contributed by atoms with Crippen molar-refractivity contribution in [3.63, 3.8) is 0 Å². The number of halogens is 2. The maximum absolute atomic E-state index is 8.92. The Morgan fingerprint density at radius 2 is 0.900 bits per heavy atom. The first-order chi connectivity index (χ1) is 23.5. The molecule has 0 saturated carbocycles. The molecule has 4 aromatic carbocycles. The van der Waals surface area contributed by atoms with Crippen molar-refractivity contribution in [2.24, 2.45) is 10.8 Å². The van der Waals surface area contributed by atoms with Gasteiger partial charge in [0.25, 0.3) is 0 Å². The van der Waals surface area contributed by atoms with Gasteiger partial charge in [-0.2, -0.15) is 0 Å². The normalized spacial score (nSPS) is 18.4. The van der Waals surface area contributed by atoms with Crippen LogP contribution in [0, 0.1) is 10.8 Å². The Labute approximate surface area is 312 Å². The first-order valence-electron chi connectivity index (χ1n) is 19.0. The molecule has 50 heavy (non-hydrogen) atoms. The number of aryl methyl sites for hydroxylation is 2. The van der Waals surface area contributed by atoms with Gasteiger partial charge < -0.3 is 0 Å². The van der Waals surface area contributed by atoms with E-state index in [1.165, 1.54) is 66.8 Å². The quantitative estimate of drug-likeness (QED) is 0.147. The molecule has 4 aromatic rings. The molecular formula is C46H57Cl2HfSi. The van der Waals surface area contributed by atoms with Crippen LogP contribution in [0.4, 0.5) is 0 Å². The van der Waals surface area contributed by atoms with E-state index >= 15 is 0 Å². The fourth-order valence-corrected chi connectivity index (χ4v) is 53.7. The summed E-state index contributed by atoms with van der Waals surface area (Å²) in [4.78, 5) is 0. The molecule has 0 radical (unpaired) electrons. The zero-order chi connectivity index (χ0) is 36.2. The monoisotopic (exact) mass is 887 g/mol. The molecule has 0 aromatic heterocycles. The van der Waals surface area contributed by atoms with Crippen molar-refractivity contribution in [2.75, 3.05) is 0 Å². The molecule has 4 heteroatoms. The van der Waals surface area contributed by atoms with Crippen LogP contribution in [0.2, 0.25) is 13.1 Å². The summed E-state index contributed by atoms with van der Waals surface area (Å²) in [5.74, 6) is -1.71. The van der Waals surface area contributed by atoms with Gasteiger partial charge in [-0.15, -0.1) is 0 Å². The number of fused-ring (bicyclic) bond motifs is 2. The van der Waals surface area contributed by atoms with Crippen LogP contribution in [0.15, 0.2) is 96.1 Å². The predicted molar refractivity (Wildman–Crippen MR) is 223 cm³/mol. The number of rotatable bonds is 9. The van der Waals surface area contributed by atoms with Crippen LogP contribution >= 0.6 is 17.2 Å². The first-order valence-corrected chi connectivity index (χ1v) is 41.1. The number of hydrogen-bond donors (Lipinski definition) is 0. The molecule has 0 aliphatic heterocycles. The number of allylic oxidation sites excluding steroid dienone is 2. The van der Waals surface area contributed by atoms with Crippen molar-refractivity contribution < 1.29 is 15.3 Å². The van der Waals surface area contributed by atoms with Crippen LogP contribution in [-0.4, -0.2) is 5.98 Å². The molecule has 2 aliphatic rings. The molecule has 263 valence electrons. The number of hydrogen-bond acceptors (Lipinski definition) is 0. The van der Waals surface area contributed by atoms with Crippen LogP contribution in [0.3, 0.4) is 0 Å². The Balaban J connectivity index is 1.66. The standard InChI is InChI=1S/2C22H25.C2H7Si.2ClH.Hf/c2*1-5-9-16-10-6-7-12-19(16)20-13-8-11-17-14-18(15-21(17)20)22(2,3)4;1-3-2;;;/h2*6-8,10-15H,5,9H2,1-4H3;3H,1-2H3;2*1H;/q;;;;;+2/p-2. The van der Waals surface area contributed by atoms with Crippen molar-refractivity contribution in [3.8, 4) is 22.3 Å². The van der Waals surface area contributed by atoms with E-state index in [1.54, 1.807) is 0 Å². The average molecular weight is 887 g/mol. The van der Waals surface area contributed by atoms with E-state index in [1.807, 2.05) is 0 Å². The van der Waals surface area contributed by atoms with Crippen LogP contribution in [0.25, 0.3) is 34.4 Å². The summed E-state index contributed by atoms with van der Waals surface area (Å²) in [5.41, 5.74) is 16.2. The van der Waals surface area contributed by atoms with Gasteiger partial charge in [-0.25, -0.2) is 0 Å². The van der Waals surface area contributed by atoms with Gasteiger partial charge in [-0.3, -0.25) is 0 Å². The molecule has 0 heterocycles. The summed E-state index contributed by atoms with van der Waals surface area (Å²) in [6, 6.07) is 32.0. The van der Waals surface area contributed by atoms with E-state index in [2.05, 4.69) is 166 Å². The summed E-state index contributed by atoms with van der Waals surface area (Å²) >= 11 is -5.19. The van der Waals surface area contributed by atoms with Crippen molar-refractivity contribution in [2.45, 2.75) is 102 Å². The predicted octanol–water partition coefficient (Wildman–Crippen LogP) is 14.6. The van der Waals surface area contributed by atoms with Gasteiger partial charge in [0.15, 0.2) is 0 Å². The third-order valence-electron chi connectivity index (χ3n) is 11.7. The van der Waals surface area contributed by atoms with Crippen molar-refractivity contribution >= 4 is 35.3 Å². The molecule has 6 rings (SSSR count). The third kappa shape index (κ3) is 6.27. The van der Waals surface area contributed by atoms with Crippen LogP contribution in [0.5, 0.6) is 0 Å². The second-order valence-corrected chi connectivity index (χ2v) is 76.7. The van der Waals surface area contributed by atoms with Gasteiger partial charge in [0.2, 0.25) is 0 Å². The Morgan fingerprint density at radius 1 is 0.540 bits per heavy atom. The van der Waals surface area contributed by atoms with E-state index in [0.717, 1.165) is 25.7 Å². The van der Waals surface area contributed by atoms with Crippen LogP contribution in [0.1, 0.15) is 109 Å². The van der Waals surface area contributed by atoms with Gasteiger partial charge >= 0.3 is 315 Å². The fourth-order valence-electron chi connectivity index (χ4n) is 9.14. The zero-order valence-electron chi connectivity index (χ0n) is 32.1. The molecule has 0 amide bonds. The van der Waals surface area contributed by atoms with E-state index in [4.69, 9.17) is 17.2 Å². The molecule has 0 saturated heterocycles. The summed E-state index contributed by atoms with van der Waals surface area (Å²) in [6.45, 7) is 23.8. The summed E-state index contributed by atoms with van der Waals surface area (Å²) in [5, 5.41) is 0. The topological polar surface area (TPSA) is 0 Å². The zero-order valence-corrected chi connectivity index (χ0v) is 38.3. The second kappa shape index (κ2) is 13.8. The average Bonchev–Trinajstić information content (AvgIpc) is 3.67. The minimum atomic E-state index is -5.19. The Bertz CT molecular complexity index is 1850. The van der Waals surface area contributed by atoms with E-state index < -0.39 is 21.3 Å². The van der Waals surface area contributed by atoms with Gasteiger partial charge in [-0.05, 0) is 0 Å². The molecule has 0 fully saturated rings. The van der Waals surface area contributed by atoms with E-state index in [0.29, 0.717) is 0 Å². The number of benzene rings is 4. The molecule has 0 N–H and O–H groups in total. The fraction of sp³-hybridized carbons (Fsp3) is 0.391. The summed E-state index contributed by atoms with van der Waals surface area (Å²) in [6.07, 6.45) is 9.43. The van der Waals surface area contributed by atoms with Crippen molar-refractivity contribution in [3.05, 3.63) is 129 Å². The Kier molecular flexibility index (Phi) is 10.4. The third-order valence-corrected chi connectivity index (χ3v) is 84.1. The first kappa shape index (κ1) is 37.8. The van der Waals surface area contributed by atoms with Gasteiger partial charge in [0.05, 0.1) is 0 Å². The van der Waals surface area contributed by atoms with Crippen molar-refractivity contribution in [1.29, 1.82) is 0 Å². The van der Waals surface area contributed by atoms with Crippen LogP contribution in [-0.2, 0) is 28.1 Å². The minimum absolute atomic E-state index is 0.0491. The van der Waals surface area contributed by atoms with Gasteiger partial charge in [0.1, 0.15) is 0 Å². The Morgan fingerprint density at radius 3 is 1.24 bits per heavy atom. The van der Waals surface area contributed by atoms with Gasteiger partial charge in [-0.1, -0.05) is 0 Å². The van der Waals surface area contributed by atoms with Crippen molar-refractivity contribution in [1.82, 2.24) is 0 Å². The second-order valence-electron chi connectivity index (χ2n) is 17.4. The van der Waals surface area contributed by atoms with Crippen LogP contribution < -0.4 is 0 Å². The molecule has 2 aliphatic carbocycles. The van der Waals surface area contributed by atoms with E-state index in [9.17, 15) is 0 Å². The molecule has 0 bridgehead atoms. The summed E-state index contributed by atoms with van der Waals surface area (Å²) in [7, 11) is 17.8. The molecule has 2 unspecified atom stereocenters. The molecular weight excluding hydrogens is 830 g/mol. The SMILES string of the molecule is CCCc1ccccc1-c1cccc2c1C=C(C(C)(C)C)[CH]2[Hf]([Cl])([Cl])([CH]1C(C(C)(C)C)=Cc2c(-c3ccccc3CCC)cccc21)[SiH](C)C.